The number of pyridine rings is 1. The fraction of sp³-hybridized carbons (Fsp3) is 0.462. The largest absolute Gasteiger partial charge is 0.326 e. The minimum atomic E-state index is -3.05. The first-order chi connectivity index (χ1) is 9.12. The summed E-state index contributed by atoms with van der Waals surface area (Å²) in [7, 11) is -3.05. The van der Waals surface area contributed by atoms with Crippen molar-refractivity contribution in [2.75, 3.05) is 5.75 Å². The van der Waals surface area contributed by atoms with Crippen LogP contribution in [0, 0.1) is 0 Å². The fourth-order valence-electron chi connectivity index (χ4n) is 2.69. The number of sulfone groups is 1. The molecule has 1 aliphatic rings. The van der Waals surface area contributed by atoms with Crippen molar-refractivity contribution in [2.24, 2.45) is 5.73 Å². The summed E-state index contributed by atoms with van der Waals surface area (Å²) in [5, 5.41) is -0.452. The number of hydrogen-bond donors (Lipinski definition) is 1. The third-order valence-electron chi connectivity index (χ3n) is 3.71. The van der Waals surface area contributed by atoms with E-state index >= 15 is 0 Å². The third kappa shape index (κ3) is 2.15. The first-order valence-electron chi connectivity index (χ1n) is 6.50. The highest BCUT2D eigenvalue weighted by Crippen LogP contribution is 2.33. The molecule has 0 aliphatic carbocycles. The van der Waals surface area contributed by atoms with Crippen molar-refractivity contribution in [3.05, 3.63) is 35.8 Å². The lowest BCUT2D eigenvalue weighted by Crippen LogP contribution is -2.21. The van der Waals surface area contributed by atoms with Gasteiger partial charge in [0.05, 0.1) is 11.4 Å². The maximum absolute atomic E-state index is 12.1. The second-order valence-electron chi connectivity index (χ2n) is 4.99. The van der Waals surface area contributed by atoms with E-state index < -0.39 is 15.1 Å². The summed E-state index contributed by atoms with van der Waals surface area (Å²) in [6.07, 6.45) is 6.08. The summed E-state index contributed by atoms with van der Waals surface area (Å²) in [6.45, 7) is 0.401. The van der Waals surface area contributed by atoms with Crippen LogP contribution in [0.2, 0.25) is 0 Å². The van der Waals surface area contributed by atoms with E-state index in [-0.39, 0.29) is 5.75 Å². The van der Waals surface area contributed by atoms with Gasteiger partial charge in [-0.25, -0.2) is 13.4 Å². The van der Waals surface area contributed by atoms with Crippen LogP contribution in [-0.4, -0.2) is 23.6 Å². The van der Waals surface area contributed by atoms with Gasteiger partial charge in [0.25, 0.3) is 0 Å². The normalized spacial score (nSPS) is 22.7. The quantitative estimate of drug-likeness (QED) is 0.902. The van der Waals surface area contributed by atoms with Gasteiger partial charge in [-0.1, -0.05) is 12.5 Å². The van der Waals surface area contributed by atoms with E-state index in [0.717, 1.165) is 24.1 Å². The molecule has 1 atom stereocenters. The van der Waals surface area contributed by atoms with Crippen molar-refractivity contribution in [3.8, 4) is 0 Å². The molecular weight excluding hydrogens is 262 g/mol. The highest BCUT2D eigenvalue weighted by Gasteiger charge is 2.32. The Hall–Kier alpha value is -1.40. The SMILES string of the molecule is NCc1cccn2cc(C3CCCCS3(=O)=O)nc12. The van der Waals surface area contributed by atoms with Gasteiger partial charge < -0.3 is 10.1 Å². The minimum Gasteiger partial charge on any atom is -0.326 e. The predicted molar refractivity (Wildman–Crippen MR) is 73.5 cm³/mol. The van der Waals surface area contributed by atoms with E-state index in [0.29, 0.717) is 18.7 Å². The van der Waals surface area contributed by atoms with Crippen LogP contribution in [0.5, 0.6) is 0 Å². The number of imidazole rings is 1. The highest BCUT2D eigenvalue weighted by atomic mass is 32.2. The molecule has 19 heavy (non-hydrogen) atoms. The molecule has 0 amide bonds. The average molecular weight is 279 g/mol. The van der Waals surface area contributed by atoms with Crippen LogP contribution in [0.4, 0.5) is 0 Å². The molecule has 0 aromatic carbocycles. The van der Waals surface area contributed by atoms with Crippen LogP contribution in [0.25, 0.3) is 5.65 Å². The Morgan fingerprint density at radius 3 is 3.00 bits per heavy atom. The van der Waals surface area contributed by atoms with E-state index in [2.05, 4.69) is 4.98 Å². The molecule has 1 aliphatic heterocycles. The second kappa shape index (κ2) is 4.61. The van der Waals surface area contributed by atoms with Crippen LogP contribution in [-0.2, 0) is 16.4 Å². The molecule has 3 heterocycles. The summed E-state index contributed by atoms with van der Waals surface area (Å²) in [5.41, 5.74) is 8.04. The topological polar surface area (TPSA) is 77.5 Å². The average Bonchev–Trinajstić information content (AvgIpc) is 2.81. The van der Waals surface area contributed by atoms with Gasteiger partial charge in [-0.05, 0) is 18.9 Å². The van der Waals surface area contributed by atoms with E-state index in [9.17, 15) is 8.42 Å². The lowest BCUT2D eigenvalue weighted by molar-refractivity contribution is 0.543. The maximum atomic E-state index is 12.1. The number of nitrogens with zero attached hydrogens (tertiary/aromatic N) is 2. The van der Waals surface area contributed by atoms with Crippen LogP contribution in [0.15, 0.2) is 24.5 Å². The first-order valence-corrected chi connectivity index (χ1v) is 8.21. The molecular formula is C13H17N3O2S. The number of hydrogen-bond acceptors (Lipinski definition) is 4. The molecule has 1 saturated heterocycles. The molecule has 0 saturated carbocycles. The number of fused-ring (bicyclic) bond motifs is 1. The maximum Gasteiger partial charge on any atom is 0.158 e. The minimum absolute atomic E-state index is 0.273. The Labute approximate surface area is 112 Å². The second-order valence-corrected chi connectivity index (χ2v) is 7.29. The van der Waals surface area contributed by atoms with Crippen LogP contribution < -0.4 is 5.73 Å². The molecule has 0 spiro atoms. The molecule has 2 aromatic rings. The number of aromatic nitrogens is 2. The van der Waals surface area contributed by atoms with Gasteiger partial charge in [-0.2, -0.15) is 0 Å². The Balaban J connectivity index is 2.11. The highest BCUT2D eigenvalue weighted by molar-refractivity contribution is 7.91. The molecule has 102 valence electrons. The van der Waals surface area contributed by atoms with Crippen molar-refractivity contribution >= 4 is 15.5 Å². The Morgan fingerprint density at radius 1 is 1.42 bits per heavy atom. The Kier molecular flexibility index (Phi) is 3.06. The molecule has 0 radical (unpaired) electrons. The van der Waals surface area contributed by atoms with Crippen LogP contribution >= 0.6 is 0 Å². The van der Waals surface area contributed by atoms with Crippen molar-refractivity contribution in [3.63, 3.8) is 0 Å². The molecule has 0 bridgehead atoms. The molecule has 2 N–H and O–H groups in total. The number of rotatable bonds is 2. The smallest absolute Gasteiger partial charge is 0.158 e. The molecule has 1 unspecified atom stereocenters. The lowest BCUT2D eigenvalue weighted by atomic mass is 10.1. The van der Waals surface area contributed by atoms with Gasteiger partial charge in [0, 0.05) is 24.5 Å². The molecule has 1 fully saturated rings. The predicted octanol–water partition coefficient (Wildman–Crippen LogP) is 1.43. The summed E-state index contributed by atoms with van der Waals surface area (Å²) in [6, 6.07) is 3.82. The van der Waals surface area contributed by atoms with Crippen molar-refractivity contribution in [2.45, 2.75) is 31.1 Å². The van der Waals surface area contributed by atoms with E-state index in [1.165, 1.54) is 0 Å². The standard InChI is InChI=1S/C13H17N3O2S/c14-8-10-4-3-6-16-9-11(15-13(10)16)12-5-1-2-7-19(12,17)18/h3-4,6,9,12H,1-2,5,7-8,14H2. The Bertz CT molecular complexity index is 706. The summed E-state index contributed by atoms with van der Waals surface area (Å²) in [4.78, 5) is 4.51. The summed E-state index contributed by atoms with van der Waals surface area (Å²) >= 11 is 0. The third-order valence-corrected chi connectivity index (χ3v) is 5.91. The molecule has 6 heteroatoms. The van der Waals surface area contributed by atoms with E-state index in [1.807, 2.05) is 28.9 Å². The van der Waals surface area contributed by atoms with Crippen LogP contribution in [0.1, 0.15) is 35.8 Å². The van der Waals surface area contributed by atoms with Gasteiger partial charge in [-0.15, -0.1) is 0 Å². The van der Waals surface area contributed by atoms with Crippen LogP contribution in [0.3, 0.4) is 0 Å². The van der Waals surface area contributed by atoms with E-state index in [1.54, 1.807) is 0 Å². The van der Waals surface area contributed by atoms with Gasteiger partial charge in [-0.3, -0.25) is 0 Å². The summed E-state index contributed by atoms with van der Waals surface area (Å²) in [5.74, 6) is 0.273. The van der Waals surface area contributed by atoms with Gasteiger partial charge in [0.15, 0.2) is 9.84 Å². The first kappa shape index (κ1) is 12.6. The fourth-order valence-corrected chi connectivity index (χ4v) is 4.59. The zero-order valence-electron chi connectivity index (χ0n) is 10.6. The zero-order chi connectivity index (χ0) is 13.5. The molecule has 5 nitrogen and oxygen atoms in total. The van der Waals surface area contributed by atoms with Gasteiger partial charge in [0.1, 0.15) is 10.9 Å². The zero-order valence-corrected chi connectivity index (χ0v) is 11.4. The molecule has 2 aromatic heterocycles. The van der Waals surface area contributed by atoms with Gasteiger partial charge >= 0.3 is 0 Å². The van der Waals surface area contributed by atoms with Crippen molar-refractivity contribution in [1.29, 1.82) is 0 Å². The van der Waals surface area contributed by atoms with Gasteiger partial charge in [0.2, 0.25) is 0 Å². The van der Waals surface area contributed by atoms with Crippen molar-refractivity contribution in [1.82, 2.24) is 9.38 Å². The Morgan fingerprint density at radius 2 is 2.26 bits per heavy atom. The number of nitrogens with two attached hydrogens (primary N) is 1. The monoisotopic (exact) mass is 279 g/mol. The van der Waals surface area contributed by atoms with Crippen molar-refractivity contribution < 1.29 is 8.42 Å². The molecule has 3 rings (SSSR count). The summed E-state index contributed by atoms with van der Waals surface area (Å²) < 4.78 is 26.1. The lowest BCUT2D eigenvalue weighted by Gasteiger charge is -2.20. The van der Waals surface area contributed by atoms with E-state index in [4.69, 9.17) is 5.73 Å².